The molecule has 8 heteroatoms. The van der Waals surface area contributed by atoms with Crippen molar-refractivity contribution >= 4 is 11.3 Å². The first-order chi connectivity index (χ1) is 7.99. The van der Waals surface area contributed by atoms with Crippen LogP contribution in [0, 0.1) is 11.3 Å². The van der Waals surface area contributed by atoms with Gasteiger partial charge in [0.1, 0.15) is 17.4 Å². The van der Waals surface area contributed by atoms with Gasteiger partial charge in [-0.3, -0.25) is 0 Å². The smallest absolute Gasteiger partial charge is 0.333 e. The Hall–Kier alpha value is -1.88. The SMILES string of the molecule is N#Cc1ccsc1-c1nc(CC(F)(F)F)no1. The van der Waals surface area contributed by atoms with Gasteiger partial charge in [0.25, 0.3) is 5.89 Å². The van der Waals surface area contributed by atoms with Crippen molar-refractivity contribution in [3.8, 4) is 16.8 Å². The third-order valence-corrected chi connectivity index (χ3v) is 2.71. The van der Waals surface area contributed by atoms with Crippen LogP contribution in [0.1, 0.15) is 11.4 Å². The zero-order chi connectivity index (χ0) is 12.5. The van der Waals surface area contributed by atoms with Gasteiger partial charge >= 0.3 is 6.18 Å². The van der Waals surface area contributed by atoms with Crippen LogP contribution in [0.4, 0.5) is 13.2 Å². The molecule has 88 valence electrons. The maximum absolute atomic E-state index is 12.1. The predicted octanol–water partition coefficient (Wildman–Crippen LogP) is 2.77. The van der Waals surface area contributed by atoms with E-state index >= 15 is 0 Å². The number of rotatable bonds is 2. The van der Waals surface area contributed by atoms with E-state index in [1.54, 1.807) is 5.38 Å². The Bertz CT molecular complexity index is 567. The summed E-state index contributed by atoms with van der Waals surface area (Å²) in [5.74, 6) is -0.499. The van der Waals surface area contributed by atoms with Crippen molar-refractivity contribution < 1.29 is 17.7 Å². The third kappa shape index (κ3) is 2.62. The second-order valence-electron chi connectivity index (χ2n) is 3.08. The summed E-state index contributed by atoms with van der Waals surface area (Å²) < 4.78 is 40.9. The normalized spacial score (nSPS) is 11.4. The highest BCUT2D eigenvalue weighted by Crippen LogP contribution is 2.28. The Morgan fingerprint density at radius 2 is 2.24 bits per heavy atom. The van der Waals surface area contributed by atoms with E-state index in [0.717, 1.165) is 11.3 Å². The van der Waals surface area contributed by atoms with Gasteiger partial charge in [-0.2, -0.15) is 23.4 Å². The minimum Gasteiger partial charge on any atom is -0.333 e. The minimum atomic E-state index is -4.38. The van der Waals surface area contributed by atoms with Gasteiger partial charge < -0.3 is 4.52 Å². The minimum absolute atomic E-state index is 0.0594. The number of nitrogens with zero attached hydrogens (tertiary/aromatic N) is 3. The molecule has 0 amide bonds. The Labute approximate surface area is 97.3 Å². The van der Waals surface area contributed by atoms with Crippen LogP contribution in [0.25, 0.3) is 10.8 Å². The molecule has 0 bridgehead atoms. The molecule has 0 aliphatic heterocycles. The predicted molar refractivity (Wildman–Crippen MR) is 52.1 cm³/mol. The fourth-order valence-electron chi connectivity index (χ4n) is 1.16. The van der Waals surface area contributed by atoms with Crippen LogP contribution < -0.4 is 0 Å². The molecule has 4 nitrogen and oxygen atoms in total. The van der Waals surface area contributed by atoms with Crippen molar-refractivity contribution in [1.29, 1.82) is 5.26 Å². The maximum atomic E-state index is 12.1. The van der Waals surface area contributed by atoms with Crippen LogP contribution in [-0.2, 0) is 6.42 Å². The van der Waals surface area contributed by atoms with Gasteiger partial charge in [0.05, 0.1) is 5.56 Å². The Kier molecular flexibility index (Phi) is 2.85. The van der Waals surface area contributed by atoms with Crippen LogP contribution in [0.2, 0.25) is 0 Å². The molecule has 0 aromatic carbocycles. The van der Waals surface area contributed by atoms with Crippen molar-refractivity contribution in [2.75, 3.05) is 0 Å². The van der Waals surface area contributed by atoms with Crippen LogP contribution in [-0.4, -0.2) is 16.3 Å². The lowest BCUT2D eigenvalue weighted by Crippen LogP contribution is -2.12. The average molecular weight is 259 g/mol. The summed E-state index contributed by atoms with van der Waals surface area (Å²) in [7, 11) is 0. The fraction of sp³-hybridized carbons (Fsp3) is 0.222. The largest absolute Gasteiger partial charge is 0.396 e. The molecule has 2 heterocycles. The Morgan fingerprint density at radius 1 is 1.47 bits per heavy atom. The van der Waals surface area contributed by atoms with Crippen LogP contribution in [0.15, 0.2) is 16.0 Å². The number of halogens is 3. The van der Waals surface area contributed by atoms with Crippen molar-refractivity contribution in [3.05, 3.63) is 22.8 Å². The summed E-state index contributed by atoms with van der Waals surface area (Å²) in [6, 6.07) is 3.43. The number of hydrogen-bond donors (Lipinski definition) is 0. The Balaban J connectivity index is 2.28. The standard InChI is InChI=1S/C9H4F3N3OS/c10-9(11,12)3-6-14-8(16-15-6)7-5(4-13)1-2-17-7/h1-2H,3H2. The second-order valence-corrected chi connectivity index (χ2v) is 4.00. The van der Waals surface area contributed by atoms with Crippen molar-refractivity contribution in [3.63, 3.8) is 0 Å². The molecular weight excluding hydrogens is 255 g/mol. The zero-order valence-corrected chi connectivity index (χ0v) is 8.97. The summed E-state index contributed by atoms with van der Waals surface area (Å²) in [5.41, 5.74) is 0.303. The van der Waals surface area contributed by atoms with E-state index in [1.807, 2.05) is 6.07 Å². The number of hydrogen-bond acceptors (Lipinski definition) is 5. The van der Waals surface area contributed by atoms with Gasteiger partial charge in [0.15, 0.2) is 5.82 Å². The lowest BCUT2D eigenvalue weighted by atomic mass is 10.3. The van der Waals surface area contributed by atoms with Crippen molar-refractivity contribution in [2.45, 2.75) is 12.6 Å². The molecule has 2 rings (SSSR count). The summed E-state index contributed by atoms with van der Waals surface area (Å²) in [4.78, 5) is 3.99. The summed E-state index contributed by atoms with van der Waals surface area (Å²) in [6.07, 6.45) is -5.63. The topological polar surface area (TPSA) is 62.7 Å². The molecule has 0 fully saturated rings. The zero-order valence-electron chi connectivity index (χ0n) is 8.15. The number of aromatic nitrogens is 2. The molecular formula is C9H4F3N3OS. The molecule has 0 saturated heterocycles. The summed E-state index contributed by atoms with van der Waals surface area (Å²) in [6.45, 7) is 0. The van der Waals surface area contributed by atoms with E-state index in [4.69, 9.17) is 9.78 Å². The van der Waals surface area contributed by atoms with E-state index in [-0.39, 0.29) is 5.89 Å². The van der Waals surface area contributed by atoms with Gasteiger partial charge in [-0.15, -0.1) is 11.3 Å². The van der Waals surface area contributed by atoms with E-state index in [9.17, 15) is 13.2 Å². The van der Waals surface area contributed by atoms with Gasteiger partial charge in [0, 0.05) is 0 Å². The van der Waals surface area contributed by atoms with E-state index < -0.39 is 18.4 Å². The molecule has 0 N–H and O–H groups in total. The van der Waals surface area contributed by atoms with Crippen LogP contribution in [0.5, 0.6) is 0 Å². The number of alkyl halides is 3. The maximum Gasteiger partial charge on any atom is 0.396 e. The van der Waals surface area contributed by atoms with Crippen molar-refractivity contribution in [2.24, 2.45) is 0 Å². The molecule has 17 heavy (non-hydrogen) atoms. The van der Waals surface area contributed by atoms with Gasteiger partial charge in [0.2, 0.25) is 0 Å². The van der Waals surface area contributed by atoms with Gasteiger partial charge in [-0.25, -0.2) is 0 Å². The molecule has 0 radical (unpaired) electrons. The molecule has 0 saturated carbocycles. The summed E-state index contributed by atoms with van der Waals surface area (Å²) >= 11 is 1.16. The quantitative estimate of drug-likeness (QED) is 0.831. The highest BCUT2D eigenvalue weighted by atomic mass is 32.1. The third-order valence-electron chi connectivity index (χ3n) is 1.81. The van der Waals surface area contributed by atoms with E-state index in [1.165, 1.54) is 6.07 Å². The molecule has 0 atom stereocenters. The molecule has 0 spiro atoms. The van der Waals surface area contributed by atoms with E-state index in [2.05, 4.69) is 10.1 Å². The number of nitriles is 1. The number of thiophene rings is 1. The fourth-order valence-corrected chi connectivity index (χ4v) is 1.92. The highest BCUT2D eigenvalue weighted by molar-refractivity contribution is 7.13. The molecule has 0 unspecified atom stereocenters. The second kappa shape index (κ2) is 4.18. The molecule has 0 aliphatic rings. The molecule has 2 aromatic rings. The first-order valence-electron chi connectivity index (χ1n) is 4.37. The summed E-state index contributed by atoms with van der Waals surface area (Å²) in [5, 5.41) is 13.6. The average Bonchev–Trinajstić information content (AvgIpc) is 2.81. The van der Waals surface area contributed by atoms with Crippen LogP contribution in [0.3, 0.4) is 0 Å². The lowest BCUT2D eigenvalue weighted by molar-refractivity contribution is -0.128. The monoisotopic (exact) mass is 259 g/mol. The van der Waals surface area contributed by atoms with Crippen molar-refractivity contribution in [1.82, 2.24) is 10.1 Å². The first-order valence-corrected chi connectivity index (χ1v) is 5.25. The Morgan fingerprint density at radius 3 is 2.88 bits per heavy atom. The van der Waals surface area contributed by atoms with Gasteiger partial charge in [-0.05, 0) is 11.4 Å². The molecule has 0 aliphatic carbocycles. The highest BCUT2D eigenvalue weighted by Gasteiger charge is 2.31. The van der Waals surface area contributed by atoms with Gasteiger partial charge in [-0.1, -0.05) is 5.16 Å². The molecule has 2 aromatic heterocycles. The first kappa shape index (κ1) is 11.6. The lowest BCUT2D eigenvalue weighted by Gasteiger charge is -1.99. The van der Waals surface area contributed by atoms with Crippen LogP contribution >= 0.6 is 11.3 Å². The van der Waals surface area contributed by atoms with E-state index in [0.29, 0.717) is 10.4 Å².